The van der Waals surface area contributed by atoms with E-state index >= 15 is 0 Å². The molecule has 0 unspecified atom stereocenters. The number of hydrogen-bond acceptors (Lipinski definition) is 2. The Labute approximate surface area is 159 Å². The first kappa shape index (κ1) is 15.9. The molecule has 98 valence electrons. The van der Waals surface area contributed by atoms with Gasteiger partial charge in [0.05, 0.1) is 5.69 Å². The topological polar surface area (TPSA) is 42.0 Å². The molecule has 1 aromatic heterocycles. The lowest BCUT2D eigenvalue weighted by atomic mass is 10.2. The first-order valence-electron chi connectivity index (χ1n) is 5.05. The van der Waals surface area contributed by atoms with Crippen LogP contribution in [0.4, 0.5) is 5.69 Å². The maximum atomic E-state index is 12.2. The van der Waals surface area contributed by atoms with Crippen LogP contribution in [0.15, 0.2) is 35.1 Å². The Bertz CT molecular complexity index is 626. The van der Waals surface area contributed by atoms with Crippen molar-refractivity contribution in [3.05, 3.63) is 51.3 Å². The lowest BCUT2D eigenvalue weighted by Crippen LogP contribution is -2.14. The van der Waals surface area contributed by atoms with Crippen molar-refractivity contribution in [2.45, 2.75) is 0 Å². The summed E-state index contributed by atoms with van der Waals surface area (Å²) >= 11 is 9.97. The standard InChI is InChI=1S/C12H6BrI3N2O/c13-10-3-6(1-2-17-10)12(19)18-11-8(15)4-7(14)5-9(11)16/h1-5H,(H,18,19). The van der Waals surface area contributed by atoms with Gasteiger partial charge in [0, 0.05) is 22.5 Å². The highest BCUT2D eigenvalue weighted by atomic mass is 127. The van der Waals surface area contributed by atoms with Crippen LogP contribution in [0.3, 0.4) is 0 Å². The first-order chi connectivity index (χ1) is 8.97. The van der Waals surface area contributed by atoms with E-state index in [9.17, 15) is 4.79 Å². The largest absolute Gasteiger partial charge is 0.320 e. The van der Waals surface area contributed by atoms with E-state index in [1.807, 2.05) is 12.1 Å². The lowest BCUT2D eigenvalue weighted by molar-refractivity contribution is 0.102. The maximum absolute atomic E-state index is 12.2. The van der Waals surface area contributed by atoms with Crippen molar-refractivity contribution in [1.29, 1.82) is 0 Å². The zero-order valence-electron chi connectivity index (χ0n) is 9.25. The summed E-state index contributed by atoms with van der Waals surface area (Å²) in [5, 5.41) is 2.94. The molecule has 0 saturated heterocycles. The highest BCUT2D eigenvalue weighted by Crippen LogP contribution is 2.27. The highest BCUT2D eigenvalue weighted by molar-refractivity contribution is 14.1. The Morgan fingerprint density at radius 2 is 1.79 bits per heavy atom. The van der Waals surface area contributed by atoms with Gasteiger partial charge in [-0.2, -0.15) is 0 Å². The van der Waals surface area contributed by atoms with Crippen molar-refractivity contribution >= 4 is 95.3 Å². The second-order valence-electron chi connectivity index (χ2n) is 3.57. The van der Waals surface area contributed by atoms with Crippen LogP contribution in [-0.2, 0) is 0 Å². The SMILES string of the molecule is O=C(Nc1c(I)cc(I)cc1I)c1ccnc(Br)c1. The van der Waals surface area contributed by atoms with Gasteiger partial charge in [-0.15, -0.1) is 0 Å². The van der Waals surface area contributed by atoms with Crippen LogP contribution in [0, 0.1) is 10.7 Å². The molecule has 19 heavy (non-hydrogen) atoms. The molecule has 0 fully saturated rings. The van der Waals surface area contributed by atoms with Gasteiger partial charge in [0.2, 0.25) is 0 Å². The summed E-state index contributed by atoms with van der Waals surface area (Å²) in [6.45, 7) is 0. The van der Waals surface area contributed by atoms with Crippen LogP contribution in [0.25, 0.3) is 0 Å². The molecular weight excluding hydrogens is 649 g/mol. The van der Waals surface area contributed by atoms with E-state index in [4.69, 9.17) is 0 Å². The number of nitrogens with zero attached hydrogens (tertiary/aromatic N) is 1. The number of amides is 1. The van der Waals surface area contributed by atoms with Crippen molar-refractivity contribution in [2.75, 3.05) is 5.32 Å². The van der Waals surface area contributed by atoms with Gasteiger partial charge in [0.15, 0.2) is 0 Å². The number of nitrogens with one attached hydrogen (secondary N) is 1. The minimum atomic E-state index is -0.139. The number of carbonyl (C=O) groups is 1. The van der Waals surface area contributed by atoms with Crippen molar-refractivity contribution in [2.24, 2.45) is 0 Å². The summed E-state index contributed by atoms with van der Waals surface area (Å²) in [5.41, 5.74) is 1.42. The molecule has 0 atom stereocenters. The predicted molar refractivity (Wildman–Crippen MR) is 104 cm³/mol. The fourth-order valence-electron chi connectivity index (χ4n) is 1.39. The monoisotopic (exact) mass is 654 g/mol. The zero-order chi connectivity index (χ0) is 14.0. The van der Waals surface area contributed by atoms with Gasteiger partial charge in [-0.1, -0.05) is 0 Å². The molecule has 0 aliphatic heterocycles. The quantitative estimate of drug-likeness (QED) is 0.370. The van der Waals surface area contributed by atoms with Crippen LogP contribution < -0.4 is 5.32 Å². The number of pyridine rings is 1. The molecular formula is C12H6BrI3N2O. The smallest absolute Gasteiger partial charge is 0.255 e. The third kappa shape index (κ3) is 4.24. The van der Waals surface area contributed by atoms with Crippen molar-refractivity contribution in [3.63, 3.8) is 0 Å². The minimum Gasteiger partial charge on any atom is -0.320 e. The number of rotatable bonds is 2. The summed E-state index contributed by atoms with van der Waals surface area (Å²) in [7, 11) is 0. The third-order valence-electron chi connectivity index (χ3n) is 2.23. The molecule has 0 aliphatic carbocycles. The van der Waals surface area contributed by atoms with Gasteiger partial charge >= 0.3 is 0 Å². The molecule has 1 N–H and O–H groups in total. The van der Waals surface area contributed by atoms with E-state index in [0.29, 0.717) is 10.2 Å². The average molecular weight is 655 g/mol. The van der Waals surface area contributed by atoms with Crippen LogP contribution >= 0.6 is 83.7 Å². The van der Waals surface area contributed by atoms with Gasteiger partial charge in [-0.3, -0.25) is 4.79 Å². The van der Waals surface area contributed by atoms with Crippen molar-refractivity contribution < 1.29 is 4.79 Å². The Kier molecular flexibility index (Phi) is 5.84. The maximum Gasteiger partial charge on any atom is 0.255 e. The fraction of sp³-hybridized carbons (Fsp3) is 0. The number of aromatic nitrogens is 1. The summed E-state index contributed by atoms with van der Waals surface area (Å²) in [6.07, 6.45) is 1.60. The minimum absolute atomic E-state index is 0.139. The second kappa shape index (κ2) is 6.98. The Morgan fingerprint density at radius 3 is 2.37 bits per heavy atom. The number of hydrogen-bond donors (Lipinski definition) is 1. The summed E-state index contributed by atoms with van der Waals surface area (Å²) in [5.74, 6) is -0.139. The molecule has 0 aliphatic rings. The molecule has 1 amide bonds. The van der Waals surface area contributed by atoms with Crippen LogP contribution in [0.5, 0.6) is 0 Å². The molecule has 1 heterocycles. The molecule has 2 aromatic rings. The van der Waals surface area contributed by atoms with Gasteiger partial charge in [-0.25, -0.2) is 4.98 Å². The van der Waals surface area contributed by atoms with Gasteiger partial charge in [-0.05, 0) is 108 Å². The molecule has 7 heteroatoms. The lowest BCUT2D eigenvalue weighted by Gasteiger charge is -2.10. The number of benzene rings is 1. The first-order valence-corrected chi connectivity index (χ1v) is 9.08. The van der Waals surface area contributed by atoms with E-state index < -0.39 is 0 Å². The number of halogens is 4. The third-order valence-corrected chi connectivity index (χ3v) is 4.99. The Morgan fingerprint density at radius 1 is 1.16 bits per heavy atom. The zero-order valence-corrected chi connectivity index (χ0v) is 17.3. The van der Waals surface area contributed by atoms with E-state index in [0.717, 1.165) is 16.4 Å². The molecule has 0 radical (unpaired) electrons. The van der Waals surface area contributed by atoms with E-state index in [-0.39, 0.29) is 5.91 Å². The number of carbonyl (C=O) groups excluding carboxylic acids is 1. The Hall–Kier alpha value is 0.510. The van der Waals surface area contributed by atoms with Gasteiger partial charge in [0.1, 0.15) is 4.60 Å². The second-order valence-corrected chi connectivity index (χ2v) is 7.95. The molecule has 0 bridgehead atoms. The van der Waals surface area contributed by atoms with Crippen LogP contribution in [0.2, 0.25) is 0 Å². The molecule has 0 saturated carbocycles. The van der Waals surface area contributed by atoms with E-state index in [1.165, 1.54) is 0 Å². The summed E-state index contributed by atoms with van der Waals surface area (Å²) < 4.78 is 3.84. The highest BCUT2D eigenvalue weighted by Gasteiger charge is 2.12. The van der Waals surface area contributed by atoms with E-state index in [1.54, 1.807) is 18.3 Å². The van der Waals surface area contributed by atoms with Gasteiger partial charge < -0.3 is 5.32 Å². The van der Waals surface area contributed by atoms with Crippen LogP contribution in [-0.4, -0.2) is 10.9 Å². The van der Waals surface area contributed by atoms with E-state index in [2.05, 4.69) is 94.0 Å². The molecule has 2 rings (SSSR count). The summed E-state index contributed by atoms with van der Waals surface area (Å²) in [6, 6.07) is 7.44. The Balaban J connectivity index is 2.29. The number of anilines is 1. The van der Waals surface area contributed by atoms with Crippen molar-refractivity contribution in [1.82, 2.24) is 4.98 Å². The van der Waals surface area contributed by atoms with Gasteiger partial charge in [0.25, 0.3) is 5.91 Å². The summed E-state index contributed by atoms with van der Waals surface area (Å²) in [4.78, 5) is 16.2. The molecule has 0 spiro atoms. The fourth-order valence-corrected chi connectivity index (χ4v) is 5.61. The van der Waals surface area contributed by atoms with Crippen molar-refractivity contribution in [3.8, 4) is 0 Å². The molecule has 3 nitrogen and oxygen atoms in total. The van der Waals surface area contributed by atoms with Crippen LogP contribution in [0.1, 0.15) is 10.4 Å². The average Bonchev–Trinajstić information content (AvgIpc) is 2.33. The predicted octanol–water partition coefficient (Wildman–Crippen LogP) is 4.91. The molecule has 1 aromatic carbocycles. The normalized spacial score (nSPS) is 10.3.